The summed E-state index contributed by atoms with van der Waals surface area (Å²) in [7, 11) is 0. The number of alkyl halides is 2. The van der Waals surface area contributed by atoms with E-state index in [1.54, 1.807) is 0 Å². The van der Waals surface area contributed by atoms with Crippen molar-refractivity contribution in [1.29, 1.82) is 0 Å². The fourth-order valence-electron chi connectivity index (χ4n) is 0.651. The van der Waals surface area contributed by atoms with Crippen molar-refractivity contribution in [3.05, 3.63) is 0 Å². The van der Waals surface area contributed by atoms with E-state index in [4.69, 9.17) is 14.2 Å². The number of rotatable bonds is 10. The minimum absolute atomic E-state index is 0.653. The molecule has 5 heteroatoms. The number of hydrogen-bond acceptors (Lipinski definition) is 3. The molecule has 0 aromatic heterocycles. The van der Waals surface area contributed by atoms with Crippen LogP contribution in [-0.2, 0) is 14.2 Å². The Hall–Kier alpha value is 1.09. The zero-order chi connectivity index (χ0) is 9.78. The summed E-state index contributed by atoms with van der Waals surface area (Å²) < 4.78 is 16.7. The molecule has 0 aliphatic carbocycles. The van der Waals surface area contributed by atoms with Gasteiger partial charge in [-0.25, -0.2) is 0 Å². The summed E-state index contributed by atoms with van der Waals surface area (Å²) in [6.07, 6.45) is 0. The van der Waals surface area contributed by atoms with E-state index >= 15 is 0 Å². The molecule has 0 heterocycles. The first-order valence-corrected chi connectivity index (χ1v) is 6.91. The molecule has 0 amide bonds. The summed E-state index contributed by atoms with van der Waals surface area (Å²) in [5.74, 6) is 0. The lowest BCUT2D eigenvalue weighted by atomic mass is 10.7. The second-order valence-electron chi connectivity index (χ2n) is 2.22. The van der Waals surface area contributed by atoms with Crippen LogP contribution in [0.2, 0.25) is 0 Å². The molecule has 0 rings (SSSR count). The molecule has 0 aliphatic heterocycles. The molecule has 0 radical (unpaired) electrons. The van der Waals surface area contributed by atoms with E-state index in [0.717, 1.165) is 23.0 Å². The van der Waals surface area contributed by atoms with Crippen LogP contribution in [-0.4, -0.2) is 49.4 Å². The molecule has 0 aromatic carbocycles. The SMILES string of the molecule is BrCCOCCOCCOCCI. The first-order valence-electron chi connectivity index (χ1n) is 4.27. The zero-order valence-corrected chi connectivity index (χ0v) is 11.4. The third kappa shape index (κ3) is 13.1. The summed E-state index contributed by atoms with van der Waals surface area (Å²) in [5.41, 5.74) is 0. The second-order valence-corrected chi connectivity index (χ2v) is 4.09. The lowest BCUT2D eigenvalue weighted by Crippen LogP contribution is -2.10. The lowest BCUT2D eigenvalue weighted by Gasteiger charge is -2.04. The van der Waals surface area contributed by atoms with E-state index in [9.17, 15) is 0 Å². The highest BCUT2D eigenvalue weighted by Crippen LogP contribution is 1.85. The van der Waals surface area contributed by atoms with Crippen molar-refractivity contribution in [1.82, 2.24) is 0 Å². The zero-order valence-electron chi connectivity index (χ0n) is 7.64. The van der Waals surface area contributed by atoms with Gasteiger partial charge in [0.1, 0.15) is 0 Å². The molecule has 0 atom stereocenters. The van der Waals surface area contributed by atoms with E-state index in [-0.39, 0.29) is 0 Å². The highest BCUT2D eigenvalue weighted by Gasteiger charge is 1.89. The second kappa shape index (κ2) is 13.1. The van der Waals surface area contributed by atoms with Gasteiger partial charge >= 0.3 is 0 Å². The standard InChI is InChI=1S/C8H16BrIO3/c9-1-3-11-5-7-13-8-6-12-4-2-10/h1-8H2. The van der Waals surface area contributed by atoms with Crippen molar-refractivity contribution in [2.45, 2.75) is 0 Å². The van der Waals surface area contributed by atoms with Crippen molar-refractivity contribution in [3.8, 4) is 0 Å². The molecule has 0 N–H and O–H groups in total. The Kier molecular flexibility index (Phi) is 14.2. The van der Waals surface area contributed by atoms with Crippen LogP contribution < -0.4 is 0 Å². The molecule has 3 nitrogen and oxygen atoms in total. The Balaban J connectivity index is 2.76. The Morgan fingerprint density at radius 2 is 1.23 bits per heavy atom. The van der Waals surface area contributed by atoms with Crippen molar-refractivity contribution in [2.24, 2.45) is 0 Å². The van der Waals surface area contributed by atoms with Crippen LogP contribution in [0.1, 0.15) is 0 Å². The summed E-state index contributed by atoms with van der Waals surface area (Å²) in [6, 6.07) is 0. The third-order valence-corrected chi connectivity index (χ3v) is 1.95. The molecule has 0 fully saturated rings. The van der Waals surface area contributed by atoms with Crippen LogP contribution in [0.5, 0.6) is 0 Å². The first-order chi connectivity index (χ1) is 6.41. The summed E-state index contributed by atoms with van der Waals surface area (Å²) in [4.78, 5) is 0. The van der Waals surface area contributed by atoms with E-state index in [0.29, 0.717) is 26.4 Å². The van der Waals surface area contributed by atoms with Gasteiger partial charge in [0.15, 0.2) is 0 Å². The Bertz CT molecular complexity index is 85.5. The smallest absolute Gasteiger partial charge is 0.0701 e. The van der Waals surface area contributed by atoms with Gasteiger partial charge in [0.05, 0.1) is 39.6 Å². The fraction of sp³-hybridized carbons (Fsp3) is 1.00. The summed E-state index contributed by atoms with van der Waals surface area (Å²) in [5, 5.41) is 0.881. The van der Waals surface area contributed by atoms with Crippen molar-refractivity contribution in [3.63, 3.8) is 0 Å². The lowest BCUT2D eigenvalue weighted by molar-refractivity contribution is 0.0209. The maximum absolute atomic E-state index is 5.26. The van der Waals surface area contributed by atoms with Gasteiger partial charge in [-0.05, 0) is 0 Å². The van der Waals surface area contributed by atoms with Crippen LogP contribution in [0.15, 0.2) is 0 Å². The summed E-state index contributed by atoms with van der Waals surface area (Å²) >= 11 is 5.55. The van der Waals surface area contributed by atoms with E-state index in [1.165, 1.54) is 0 Å². The van der Waals surface area contributed by atoms with Crippen molar-refractivity contribution in [2.75, 3.05) is 49.4 Å². The molecular formula is C8H16BrIO3. The topological polar surface area (TPSA) is 27.7 Å². The fourth-order valence-corrected chi connectivity index (χ4v) is 1.19. The Morgan fingerprint density at radius 3 is 1.69 bits per heavy atom. The first kappa shape index (κ1) is 14.1. The quantitative estimate of drug-likeness (QED) is 0.335. The van der Waals surface area contributed by atoms with Crippen LogP contribution in [0.4, 0.5) is 0 Å². The molecule has 13 heavy (non-hydrogen) atoms. The van der Waals surface area contributed by atoms with Gasteiger partial charge in [0.2, 0.25) is 0 Å². The van der Waals surface area contributed by atoms with Crippen LogP contribution >= 0.6 is 38.5 Å². The van der Waals surface area contributed by atoms with Gasteiger partial charge in [0, 0.05) is 9.76 Å². The monoisotopic (exact) mass is 366 g/mol. The average Bonchev–Trinajstić information content (AvgIpc) is 2.16. The van der Waals surface area contributed by atoms with Crippen molar-refractivity contribution >= 4 is 38.5 Å². The molecule has 0 unspecified atom stereocenters. The van der Waals surface area contributed by atoms with Gasteiger partial charge in [-0.3, -0.25) is 0 Å². The van der Waals surface area contributed by atoms with Gasteiger partial charge in [0.25, 0.3) is 0 Å². The van der Waals surface area contributed by atoms with Gasteiger partial charge in [-0.2, -0.15) is 0 Å². The van der Waals surface area contributed by atoms with Crippen LogP contribution in [0, 0.1) is 0 Å². The number of halogens is 2. The van der Waals surface area contributed by atoms with Crippen LogP contribution in [0.25, 0.3) is 0 Å². The van der Waals surface area contributed by atoms with Crippen molar-refractivity contribution < 1.29 is 14.2 Å². The van der Waals surface area contributed by atoms with E-state index in [2.05, 4.69) is 38.5 Å². The van der Waals surface area contributed by atoms with E-state index in [1.807, 2.05) is 0 Å². The third-order valence-electron chi connectivity index (χ3n) is 1.19. The maximum Gasteiger partial charge on any atom is 0.0701 e. The Labute approximate surface area is 102 Å². The summed E-state index contributed by atoms with van der Waals surface area (Å²) in [6.45, 7) is 4.22. The molecule has 0 aromatic rings. The minimum atomic E-state index is 0.653. The maximum atomic E-state index is 5.26. The van der Waals surface area contributed by atoms with Crippen LogP contribution in [0.3, 0.4) is 0 Å². The molecule has 0 spiro atoms. The minimum Gasteiger partial charge on any atom is -0.378 e. The highest BCUT2D eigenvalue weighted by atomic mass is 127. The molecule has 0 bridgehead atoms. The highest BCUT2D eigenvalue weighted by molar-refractivity contribution is 14.1. The molecular weight excluding hydrogens is 351 g/mol. The van der Waals surface area contributed by atoms with Gasteiger partial charge < -0.3 is 14.2 Å². The Morgan fingerprint density at radius 1 is 0.769 bits per heavy atom. The molecule has 0 saturated carbocycles. The largest absolute Gasteiger partial charge is 0.378 e. The predicted octanol–water partition coefficient (Wildman–Crippen LogP) is 1.87. The van der Waals surface area contributed by atoms with Gasteiger partial charge in [-0.1, -0.05) is 38.5 Å². The predicted molar refractivity (Wildman–Crippen MR) is 65.1 cm³/mol. The normalized spacial score (nSPS) is 10.6. The molecule has 0 saturated heterocycles. The molecule has 80 valence electrons. The average molecular weight is 367 g/mol. The number of ether oxygens (including phenoxy) is 3. The molecule has 0 aliphatic rings. The number of hydrogen-bond donors (Lipinski definition) is 0. The van der Waals surface area contributed by atoms with Gasteiger partial charge in [-0.15, -0.1) is 0 Å². The van der Waals surface area contributed by atoms with E-state index < -0.39 is 0 Å².